The van der Waals surface area contributed by atoms with Gasteiger partial charge in [0.2, 0.25) is 0 Å². The SMILES string of the molecule is C=CC(C)(OC(=O)C(=C)C)C1c2ccccc2-c2ccccc21. The molecular formula is C21H20O2. The Morgan fingerprint density at radius 3 is 2.00 bits per heavy atom. The zero-order valence-electron chi connectivity index (χ0n) is 13.5. The second-order valence-corrected chi connectivity index (χ2v) is 6.17. The molecule has 1 unspecified atom stereocenters. The van der Waals surface area contributed by atoms with Crippen LogP contribution in [0.25, 0.3) is 11.1 Å². The highest BCUT2D eigenvalue weighted by molar-refractivity contribution is 5.88. The fourth-order valence-corrected chi connectivity index (χ4v) is 3.28. The summed E-state index contributed by atoms with van der Waals surface area (Å²) < 4.78 is 5.79. The topological polar surface area (TPSA) is 26.3 Å². The number of benzene rings is 2. The molecule has 2 aromatic rings. The molecule has 1 atom stereocenters. The van der Waals surface area contributed by atoms with Crippen LogP contribution in [0.2, 0.25) is 0 Å². The van der Waals surface area contributed by atoms with Gasteiger partial charge in [-0.3, -0.25) is 0 Å². The minimum Gasteiger partial charge on any atom is -0.451 e. The second kappa shape index (κ2) is 5.54. The first kappa shape index (κ1) is 15.3. The summed E-state index contributed by atoms with van der Waals surface area (Å²) >= 11 is 0. The van der Waals surface area contributed by atoms with Crippen LogP contribution in [0.4, 0.5) is 0 Å². The van der Waals surface area contributed by atoms with Crippen molar-refractivity contribution in [3.05, 3.63) is 84.5 Å². The summed E-state index contributed by atoms with van der Waals surface area (Å²) in [6.07, 6.45) is 1.72. The van der Waals surface area contributed by atoms with Crippen LogP contribution in [-0.2, 0) is 9.53 Å². The summed E-state index contributed by atoms with van der Waals surface area (Å²) in [7, 11) is 0. The molecule has 0 spiro atoms. The standard InChI is InChI=1S/C21H20O2/c1-5-21(4,23-20(22)14(2)3)19-17-12-8-6-10-15(17)16-11-7-9-13-18(16)19/h5-13,19H,1-2H2,3-4H3. The van der Waals surface area contributed by atoms with Crippen molar-refractivity contribution < 1.29 is 9.53 Å². The van der Waals surface area contributed by atoms with E-state index in [1.54, 1.807) is 13.0 Å². The largest absolute Gasteiger partial charge is 0.451 e. The van der Waals surface area contributed by atoms with Crippen molar-refractivity contribution in [3.63, 3.8) is 0 Å². The van der Waals surface area contributed by atoms with E-state index in [0.29, 0.717) is 5.57 Å². The summed E-state index contributed by atoms with van der Waals surface area (Å²) in [6.45, 7) is 11.2. The molecule has 0 saturated carbocycles. The first-order valence-electron chi connectivity index (χ1n) is 7.68. The molecule has 0 saturated heterocycles. The van der Waals surface area contributed by atoms with Crippen molar-refractivity contribution in [2.75, 3.05) is 0 Å². The maximum Gasteiger partial charge on any atom is 0.334 e. The monoisotopic (exact) mass is 304 g/mol. The van der Waals surface area contributed by atoms with Crippen LogP contribution in [0.5, 0.6) is 0 Å². The summed E-state index contributed by atoms with van der Waals surface area (Å²) in [5.74, 6) is -0.468. The van der Waals surface area contributed by atoms with Crippen molar-refractivity contribution >= 4 is 5.97 Å². The number of rotatable bonds is 4. The molecule has 1 aliphatic rings. The highest BCUT2D eigenvalue weighted by Crippen LogP contribution is 2.50. The van der Waals surface area contributed by atoms with Crippen molar-refractivity contribution in [2.24, 2.45) is 0 Å². The van der Waals surface area contributed by atoms with Gasteiger partial charge in [0, 0.05) is 5.57 Å². The van der Waals surface area contributed by atoms with Crippen LogP contribution in [0.1, 0.15) is 30.9 Å². The molecule has 2 heteroatoms. The quantitative estimate of drug-likeness (QED) is 0.458. The molecule has 3 rings (SSSR count). The smallest absolute Gasteiger partial charge is 0.334 e. The van der Waals surface area contributed by atoms with Gasteiger partial charge in [-0.05, 0) is 42.2 Å². The molecule has 116 valence electrons. The molecule has 0 radical (unpaired) electrons. The molecule has 0 aromatic heterocycles. The average molecular weight is 304 g/mol. The van der Waals surface area contributed by atoms with Crippen LogP contribution < -0.4 is 0 Å². The lowest BCUT2D eigenvalue weighted by Gasteiger charge is -2.33. The Kier molecular flexibility index (Phi) is 3.69. The summed E-state index contributed by atoms with van der Waals surface area (Å²) in [6, 6.07) is 16.5. The minimum atomic E-state index is -0.835. The van der Waals surface area contributed by atoms with E-state index in [2.05, 4.69) is 37.4 Å². The van der Waals surface area contributed by atoms with Crippen molar-refractivity contribution in [2.45, 2.75) is 25.4 Å². The molecule has 1 aliphatic carbocycles. The van der Waals surface area contributed by atoms with E-state index in [0.717, 1.165) is 11.1 Å². The summed E-state index contributed by atoms with van der Waals surface area (Å²) in [5, 5.41) is 0. The minimum absolute atomic E-state index is 0.0734. The molecule has 2 nitrogen and oxygen atoms in total. The fraction of sp³-hybridized carbons (Fsp3) is 0.190. The van der Waals surface area contributed by atoms with Gasteiger partial charge >= 0.3 is 5.97 Å². The molecule has 23 heavy (non-hydrogen) atoms. The fourth-order valence-electron chi connectivity index (χ4n) is 3.28. The van der Waals surface area contributed by atoms with Crippen LogP contribution in [0, 0.1) is 0 Å². The van der Waals surface area contributed by atoms with Gasteiger partial charge in [-0.1, -0.05) is 61.7 Å². The number of esters is 1. The van der Waals surface area contributed by atoms with Crippen molar-refractivity contribution in [1.82, 2.24) is 0 Å². The van der Waals surface area contributed by atoms with Gasteiger partial charge in [-0.15, -0.1) is 0 Å². The molecule has 0 amide bonds. The number of carbonyl (C=O) groups is 1. The summed E-state index contributed by atoms with van der Waals surface area (Å²) in [4.78, 5) is 12.1. The Hall–Kier alpha value is -2.61. The van der Waals surface area contributed by atoms with Crippen molar-refractivity contribution in [1.29, 1.82) is 0 Å². The normalized spacial score (nSPS) is 15.2. The molecular weight excluding hydrogens is 284 g/mol. The Morgan fingerprint density at radius 2 is 1.57 bits per heavy atom. The average Bonchev–Trinajstić information content (AvgIpc) is 2.89. The molecule has 0 aliphatic heterocycles. The maximum absolute atomic E-state index is 12.1. The third-order valence-electron chi connectivity index (χ3n) is 4.47. The lowest BCUT2D eigenvalue weighted by Crippen LogP contribution is -2.36. The number of carbonyl (C=O) groups excluding carboxylic acids is 1. The van der Waals surface area contributed by atoms with E-state index in [-0.39, 0.29) is 5.92 Å². The van der Waals surface area contributed by atoms with Gasteiger partial charge < -0.3 is 4.74 Å². The van der Waals surface area contributed by atoms with Gasteiger partial charge in [0.1, 0.15) is 5.60 Å². The van der Waals surface area contributed by atoms with E-state index in [9.17, 15) is 4.79 Å². The number of ether oxygens (including phenoxy) is 1. The van der Waals surface area contributed by atoms with Gasteiger partial charge in [0.05, 0.1) is 5.92 Å². The van der Waals surface area contributed by atoms with Gasteiger partial charge in [0.15, 0.2) is 0 Å². The number of fused-ring (bicyclic) bond motifs is 3. The number of hydrogen-bond donors (Lipinski definition) is 0. The molecule has 0 bridgehead atoms. The van der Waals surface area contributed by atoms with Crippen LogP contribution in [0.3, 0.4) is 0 Å². The van der Waals surface area contributed by atoms with E-state index in [1.165, 1.54) is 11.1 Å². The Bertz CT molecular complexity index is 757. The van der Waals surface area contributed by atoms with Crippen molar-refractivity contribution in [3.8, 4) is 11.1 Å². The highest BCUT2D eigenvalue weighted by atomic mass is 16.6. The van der Waals surface area contributed by atoms with E-state index < -0.39 is 11.6 Å². The zero-order valence-corrected chi connectivity index (χ0v) is 13.5. The molecule has 2 aromatic carbocycles. The first-order chi connectivity index (χ1) is 11.0. The predicted octanol–water partition coefficient (Wildman–Crippen LogP) is 4.86. The predicted molar refractivity (Wildman–Crippen MR) is 93.2 cm³/mol. The van der Waals surface area contributed by atoms with Crippen LogP contribution >= 0.6 is 0 Å². The maximum atomic E-state index is 12.1. The number of hydrogen-bond acceptors (Lipinski definition) is 2. The molecule has 0 heterocycles. The highest BCUT2D eigenvalue weighted by Gasteiger charge is 2.43. The molecule has 0 N–H and O–H groups in total. The van der Waals surface area contributed by atoms with Crippen LogP contribution in [-0.4, -0.2) is 11.6 Å². The lowest BCUT2D eigenvalue weighted by atomic mass is 9.81. The third kappa shape index (κ3) is 2.40. The van der Waals surface area contributed by atoms with E-state index in [1.807, 2.05) is 31.2 Å². The molecule has 0 fully saturated rings. The van der Waals surface area contributed by atoms with Gasteiger partial charge in [-0.2, -0.15) is 0 Å². The Labute approximate surface area is 137 Å². The summed E-state index contributed by atoms with van der Waals surface area (Å²) in [5.41, 5.74) is 4.24. The first-order valence-corrected chi connectivity index (χ1v) is 7.68. The van der Waals surface area contributed by atoms with Gasteiger partial charge in [0.25, 0.3) is 0 Å². The lowest BCUT2D eigenvalue weighted by molar-refractivity contribution is -0.149. The van der Waals surface area contributed by atoms with E-state index >= 15 is 0 Å². The van der Waals surface area contributed by atoms with Gasteiger partial charge in [-0.25, -0.2) is 4.79 Å². The second-order valence-electron chi connectivity index (χ2n) is 6.17. The van der Waals surface area contributed by atoms with Crippen LogP contribution in [0.15, 0.2) is 73.3 Å². The Morgan fingerprint density at radius 1 is 1.09 bits per heavy atom. The zero-order chi connectivity index (χ0) is 16.6. The third-order valence-corrected chi connectivity index (χ3v) is 4.47. The Balaban J connectivity index is 2.16. The van der Waals surface area contributed by atoms with E-state index in [4.69, 9.17) is 4.74 Å².